The molecule has 0 saturated heterocycles. The summed E-state index contributed by atoms with van der Waals surface area (Å²) in [7, 11) is -1.66. The molecule has 0 radical (unpaired) electrons. The van der Waals surface area contributed by atoms with E-state index in [1.165, 1.54) is 19.3 Å². The molecule has 0 aromatic carbocycles. The molecule has 0 N–H and O–H groups in total. The van der Waals surface area contributed by atoms with Gasteiger partial charge >= 0.3 is 0 Å². The van der Waals surface area contributed by atoms with Gasteiger partial charge in [-0.2, -0.15) is 0 Å². The summed E-state index contributed by atoms with van der Waals surface area (Å²) in [6.07, 6.45) is 6.12. The second-order valence-corrected chi connectivity index (χ2v) is 12.7. The summed E-state index contributed by atoms with van der Waals surface area (Å²) in [6.45, 7) is 18.5. The van der Waals surface area contributed by atoms with Crippen LogP contribution in [0.15, 0.2) is 11.6 Å². The van der Waals surface area contributed by atoms with Crippen molar-refractivity contribution in [3.05, 3.63) is 11.6 Å². The molecule has 106 valence electrons. The normalized spacial score (nSPS) is 22.9. The van der Waals surface area contributed by atoms with Crippen LogP contribution < -0.4 is 0 Å². The van der Waals surface area contributed by atoms with Crippen molar-refractivity contribution in [1.29, 1.82) is 0 Å². The molecule has 1 rings (SSSR count). The van der Waals surface area contributed by atoms with E-state index in [-0.39, 0.29) is 5.60 Å². The Labute approximate surface area is 115 Å². The van der Waals surface area contributed by atoms with Crippen LogP contribution in [0.2, 0.25) is 18.1 Å². The summed E-state index contributed by atoms with van der Waals surface area (Å²) >= 11 is 0. The van der Waals surface area contributed by atoms with Crippen molar-refractivity contribution >= 4 is 8.32 Å². The predicted octanol–water partition coefficient (Wildman–Crippen LogP) is 5.53. The van der Waals surface area contributed by atoms with E-state index in [4.69, 9.17) is 4.43 Å². The summed E-state index contributed by atoms with van der Waals surface area (Å²) in [4.78, 5) is 0. The molecule has 0 aromatic heterocycles. The molecule has 1 aliphatic carbocycles. The van der Waals surface area contributed by atoms with Crippen LogP contribution in [-0.4, -0.2) is 13.9 Å². The summed E-state index contributed by atoms with van der Waals surface area (Å²) in [5.41, 5.74) is 1.56. The highest BCUT2D eigenvalue weighted by atomic mass is 28.4. The molecule has 0 heterocycles. The van der Waals surface area contributed by atoms with Gasteiger partial charge < -0.3 is 4.43 Å². The Hall–Kier alpha value is -0.0831. The first-order valence-electron chi connectivity index (χ1n) is 7.31. The van der Waals surface area contributed by atoms with Crippen molar-refractivity contribution in [2.24, 2.45) is 5.92 Å². The molecule has 1 aliphatic rings. The van der Waals surface area contributed by atoms with Crippen molar-refractivity contribution < 1.29 is 4.43 Å². The third-order valence-corrected chi connectivity index (χ3v) is 9.59. The van der Waals surface area contributed by atoms with E-state index in [0.29, 0.717) is 11.0 Å². The molecule has 0 aliphatic heterocycles. The van der Waals surface area contributed by atoms with Crippen molar-refractivity contribution in [3.63, 3.8) is 0 Å². The maximum absolute atomic E-state index is 6.67. The third-order valence-electron chi connectivity index (χ3n) is 4.95. The zero-order chi connectivity index (χ0) is 14.2. The lowest BCUT2D eigenvalue weighted by atomic mass is 9.80. The fourth-order valence-electron chi connectivity index (χ4n) is 2.49. The maximum atomic E-state index is 6.67. The van der Waals surface area contributed by atoms with Gasteiger partial charge in [-0.1, -0.05) is 32.4 Å². The predicted molar refractivity (Wildman–Crippen MR) is 83.5 cm³/mol. The molecule has 0 aromatic rings. The minimum Gasteiger partial charge on any atom is -0.412 e. The molecule has 0 spiro atoms. The van der Waals surface area contributed by atoms with E-state index in [2.05, 4.69) is 60.7 Å². The summed E-state index contributed by atoms with van der Waals surface area (Å²) < 4.78 is 6.67. The van der Waals surface area contributed by atoms with Gasteiger partial charge in [-0.15, -0.1) is 0 Å². The van der Waals surface area contributed by atoms with E-state index in [1.807, 2.05) is 0 Å². The molecular weight excluding hydrogens is 236 g/mol. The van der Waals surface area contributed by atoms with Crippen LogP contribution in [0.4, 0.5) is 0 Å². The van der Waals surface area contributed by atoms with Crippen molar-refractivity contribution in [2.75, 3.05) is 0 Å². The summed E-state index contributed by atoms with van der Waals surface area (Å²) in [5, 5.41) is 0.296. The minimum absolute atomic E-state index is 0.0141. The quantitative estimate of drug-likeness (QED) is 0.483. The SMILES string of the molecule is CC1=CCC(C(C)(C)O[Si](C)(C)C(C)(C)C)CC1. The van der Waals surface area contributed by atoms with Gasteiger partial charge in [0.25, 0.3) is 0 Å². The average molecular weight is 269 g/mol. The van der Waals surface area contributed by atoms with Gasteiger partial charge in [-0.05, 0) is 64.1 Å². The van der Waals surface area contributed by atoms with E-state index in [0.717, 1.165) is 0 Å². The fraction of sp³-hybridized carbons (Fsp3) is 0.875. The van der Waals surface area contributed by atoms with Gasteiger partial charge in [-0.3, -0.25) is 0 Å². The zero-order valence-electron chi connectivity index (χ0n) is 13.7. The first kappa shape index (κ1) is 16.0. The summed E-state index contributed by atoms with van der Waals surface area (Å²) in [5.74, 6) is 0.676. The number of allylic oxidation sites excluding steroid dienone is 2. The van der Waals surface area contributed by atoms with Crippen LogP contribution in [-0.2, 0) is 4.43 Å². The first-order chi connectivity index (χ1) is 7.96. The Bertz CT molecular complexity index is 320. The van der Waals surface area contributed by atoms with Crippen LogP contribution in [0.3, 0.4) is 0 Å². The summed E-state index contributed by atoms with van der Waals surface area (Å²) in [6, 6.07) is 0. The van der Waals surface area contributed by atoms with Crippen molar-refractivity contribution in [1.82, 2.24) is 0 Å². The number of hydrogen-bond acceptors (Lipinski definition) is 1. The lowest BCUT2D eigenvalue weighted by Gasteiger charge is -2.46. The maximum Gasteiger partial charge on any atom is 0.192 e. The van der Waals surface area contributed by atoms with Gasteiger partial charge in [0.1, 0.15) is 0 Å². The van der Waals surface area contributed by atoms with Gasteiger partial charge in [-0.25, -0.2) is 0 Å². The highest BCUT2D eigenvalue weighted by Gasteiger charge is 2.43. The Morgan fingerprint density at radius 1 is 1.17 bits per heavy atom. The molecule has 0 saturated carbocycles. The molecule has 2 heteroatoms. The number of hydrogen-bond donors (Lipinski definition) is 0. The van der Waals surface area contributed by atoms with E-state index in [9.17, 15) is 0 Å². The molecule has 1 atom stereocenters. The van der Waals surface area contributed by atoms with Gasteiger partial charge in [0, 0.05) is 0 Å². The Morgan fingerprint density at radius 2 is 1.72 bits per heavy atom. The fourth-order valence-corrected chi connectivity index (χ4v) is 4.28. The monoisotopic (exact) mass is 268 g/mol. The lowest BCUT2D eigenvalue weighted by Crippen LogP contribution is -2.50. The lowest BCUT2D eigenvalue weighted by molar-refractivity contribution is 0.0246. The van der Waals surface area contributed by atoms with Crippen molar-refractivity contribution in [2.45, 2.75) is 84.5 Å². The Morgan fingerprint density at radius 3 is 2.11 bits per heavy atom. The Kier molecular flexibility index (Phi) is 4.55. The van der Waals surface area contributed by atoms with Gasteiger partial charge in [0.15, 0.2) is 8.32 Å². The van der Waals surface area contributed by atoms with Gasteiger partial charge in [0.05, 0.1) is 5.60 Å². The Balaban J connectivity index is 2.76. The zero-order valence-corrected chi connectivity index (χ0v) is 14.7. The molecule has 0 fully saturated rings. The highest BCUT2D eigenvalue weighted by molar-refractivity contribution is 6.74. The minimum atomic E-state index is -1.66. The van der Waals surface area contributed by atoms with E-state index >= 15 is 0 Å². The molecule has 18 heavy (non-hydrogen) atoms. The molecule has 0 bridgehead atoms. The molecular formula is C16H32OSi. The van der Waals surface area contributed by atoms with Gasteiger partial charge in [0.2, 0.25) is 0 Å². The smallest absolute Gasteiger partial charge is 0.192 e. The topological polar surface area (TPSA) is 9.23 Å². The first-order valence-corrected chi connectivity index (χ1v) is 10.2. The van der Waals surface area contributed by atoms with Crippen LogP contribution in [0, 0.1) is 5.92 Å². The van der Waals surface area contributed by atoms with E-state index < -0.39 is 8.32 Å². The van der Waals surface area contributed by atoms with Crippen LogP contribution >= 0.6 is 0 Å². The van der Waals surface area contributed by atoms with Crippen molar-refractivity contribution in [3.8, 4) is 0 Å². The highest BCUT2D eigenvalue weighted by Crippen LogP contribution is 2.43. The van der Waals surface area contributed by atoms with E-state index in [1.54, 1.807) is 5.57 Å². The largest absolute Gasteiger partial charge is 0.412 e. The van der Waals surface area contributed by atoms with Crippen LogP contribution in [0.1, 0.15) is 60.8 Å². The second kappa shape index (κ2) is 5.13. The second-order valence-electron chi connectivity index (χ2n) is 7.99. The third kappa shape index (κ3) is 3.71. The van der Waals surface area contributed by atoms with Crippen LogP contribution in [0.5, 0.6) is 0 Å². The molecule has 1 unspecified atom stereocenters. The standard InChI is InChI=1S/C16H32OSi/c1-13-9-11-14(12-10-13)16(5,6)17-18(7,8)15(2,3)4/h9,14H,10-12H2,1-8H3. The van der Waals surface area contributed by atoms with Crippen LogP contribution in [0.25, 0.3) is 0 Å². The number of rotatable bonds is 3. The molecule has 1 nitrogen and oxygen atoms in total. The molecule has 0 amide bonds. The average Bonchev–Trinajstić information content (AvgIpc) is 2.14.